The smallest absolute Gasteiger partial charge is 0.255 e. The molecule has 0 radical (unpaired) electrons. The molecule has 0 saturated carbocycles. The highest BCUT2D eigenvalue weighted by atomic mass is 35.5. The van der Waals surface area contributed by atoms with Crippen molar-refractivity contribution in [1.29, 1.82) is 0 Å². The predicted molar refractivity (Wildman–Crippen MR) is 80.1 cm³/mol. The highest BCUT2D eigenvalue weighted by molar-refractivity contribution is 6.34. The number of phenolic OH excluding ortho intramolecular Hbond substituents is 1. The summed E-state index contributed by atoms with van der Waals surface area (Å²) in [6.45, 7) is 2.34. The molecule has 1 amide bonds. The lowest BCUT2D eigenvalue weighted by Gasteiger charge is -2.18. The van der Waals surface area contributed by atoms with Crippen LogP contribution in [0.1, 0.15) is 21.5 Å². The van der Waals surface area contributed by atoms with Crippen molar-refractivity contribution in [3.8, 4) is 5.75 Å². The predicted octanol–water partition coefficient (Wildman–Crippen LogP) is 3.63. The molecule has 2 aromatic rings. The Morgan fingerprint density at radius 1 is 1.20 bits per heavy atom. The minimum absolute atomic E-state index is 0.119. The fourth-order valence-electron chi connectivity index (χ4n) is 1.97. The summed E-state index contributed by atoms with van der Waals surface area (Å²) in [5.74, 6) is 0.0937. The molecule has 0 spiro atoms. The maximum absolute atomic E-state index is 12.4. The van der Waals surface area contributed by atoms with Gasteiger partial charge in [-0.05, 0) is 36.2 Å². The highest BCUT2D eigenvalue weighted by Gasteiger charge is 2.16. The van der Waals surface area contributed by atoms with Gasteiger partial charge in [-0.1, -0.05) is 35.9 Å². The minimum atomic E-state index is -0.119. The van der Waals surface area contributed by atoms with E-state index in [1.165, 1.54) is 0 Å². The molecule has 0 fully saturated rings. The van der Waals surface area contributed by atoms with E-state index in [1.807, 2.05) is 19.1 Å². The monoisotopic (exact) mass is 289 g/mol. The number of halogens is 1. The van der Waals surface area contributed by atoms with E-state index >= 15 is 0 Å². The van der Waals surface area contributed by atoms with E-state index in [0.717, 1.165) is 11.1 Å². The van der Waals surface area contributed by atoms with Gasteiger partial charge in [-0.2, -0.15) is 0 Å². The lowest BCUT2D eigenvalue weighted by Crippen LogP contribution is -2.26. The van der Waals surface area contributed by atoms with Crippen LogP contribution in [0.25, 0.3) is 0 Å². The average Bonchev–Trinajstić information content (AvgIpc) is 2.43. The van der Waals surface area contributed by atoms with Gasteiger partial charge in [0.25, 0.3) is 5.91 Å². The molecule has 20 heavy (non-hydrogen) atoms. The molecule has 0 aliphatic rings. The molecule has 0 aliphatic heterocycles. The van der Waals surface area contributed by atoms with Crippen LogP contribution in [0.4, 0.5) is 0 Å². The first-order valence-electron chi connectivity index (χ1n) is 6.27. The van der Waals surface area contributed by atoms with E-state index in [4.69, 9.17) is 11.6 Å². The van der Waals surface area contributed by atoms with Gasteiger partial charge in [0.1, 0.15) is 5.75 Å². The van der Waals surface area contributed by atoms with Gasteiger partial charge < -0.3 is 10.0 Å². The Morgan fingerprint density at radius 3 is 2.50 bits per heavy atom. The van der Waals surface area contributed by atoms with Gasteiger partial charge in [0.2, 0.25) is 0 Å². The fourth-order valence-corrected chi connectivity index (χ4v) is 2.17. The molecule has 4 heteroatoms. The van der Waals surface area contributed by atoms with E-state index in [0.29, 0.717) is 17.1 Å². The number of nitrogens with zero attached hydrogens (tertiary/aromatic N) is 1. The summed E-state index contributed by atoms with van der Waals surface area (Å²) in [5, 5.41) is 9.74. The van der Waals surface area contributed by atoms with Gasteiger partial charge in [-0.3, -0.25) is 4.79 Å². The number of carbonyl (C=O) groups is 1. The number of aryl methyl sites for hydroxylation is 1. The second-order valence-corrected chi connectivity index (χ2v) is 5.14. The molecule has 0 saturated heterocycles. The molecule has 0 atom stereocenters. The summed E-state index contributed by atoms with van der Waals surface area (Å²) >= 11 is 6.18. The zero-order valence-corrected chi connectivity index (χ0v) is 12.2. The molecule has 3 nitrogen and oxygen atoms in total. The SMILES string of the molecule is Cc1cccc(C(=O)N(C)Cc2ccc(O)cc2)c1Cl. The minimum Gasteiger partial charge on any atom is -0.508 e. The maximum Gasteiger partial charge on any atom is 0.255 e. The lowest BCUT2D eigenvalue weighted by molar-refractivity contribution is 0.0785. The van der Waals surface area contributed by atoms with Crippen molar-refractivity contribution >= 4 is 17.5 Å². The van der Waals surface area contributed by atoms with Crippen molar-refractivity contribution in [2.24, 2.45) is 0 Å². The molecular formula is C16H16ClNO2. The third-order valence-corrected chi connectivity index (χ3v) is 3.63. The Kier molecular flexibility index (Phi) is 4.30. The third kappa shape index (κ3) is 3.11. The number of phenols is 1. The molecule has 2 aromatic carbocycles. The summed E-state index contributed by atoms with van der Waals surface area (Å²) in [6.07, 6.45) is 0. The van der Waals surface area contributed by atoms with Gasteiger partial charge in [-0.25, -0.2) is 0 Å². The Balaban J connectivity index is 2.16. The second kappa shape index (κ2) is 5.97. The fraction of sp³-hybridized carbons (Fsp3) is 0.188. The molecular weight excluding hydrogens is 274 g/mol. The zero-order valence-electron chi connectivity index (χ0n) is 11.4. The molecule has 0 heterocycles. The number of amides is 1. The average molecular weight is 290 g/mol. The van der Waals surface area contributed by atoms with Crippen LogP contribution in [-0.4, -0.2) is 23.0 Å². The largest absolute Gasteiger partial charge is 0.508 e. The van der Waals surface area contributed by atoms with Gasteiger partial charge >= 0.3 is 0 Å². The number of aromatic hydroxyl groups is 1. The van der Waals surface area contributed by atoms with Crippen molar-refractivity contribution in [2.45, 2.75) is 13.5 Å². The number of hydrogen-bond donors (Lipinski definition) is 1. The summed E-state index contributed by atoms with van der Waals surface area (Å²) in [5.41, 5.74) is 2.34. The first-order valence-corrected chi connectivity index (χ1v) is 6.65. The maximum atomic E-state index is 12.4. The third-order valence-electron chi connectivity index (χ3n) is 3.12. The lowest BCUT2D eigenvalue weighted by atomic mass is 10.1. The molecule has 0 aliphatic carbocycles. The summed E-state index contributed by atoms with van der Waals surface area (Å²) in [6, 6.07) is 12.2. The van der Waals surface area contributed by atoms with E-state index in [9.17, 15) is 9.90 Å². The second-order valence-electron chi connectivity index (χ2n) is 4.76. The van der Waals surface area contributed by atoms with E-state index < -0.39 is 0 Å². The van der Waals surface area contributed by atoms with Crippen LogP contribution in [0.2, 0.25) is 5.02 Å². The molecule has 0 aromatic heterocycles. The van der Waals surface area contributed by atoms with E-state index in [2.05, 4.69) is 0 Å². The topological polar surface area (TPSA) is 40.5 Å². The van der Waals surface area contributed by atoms with Crippen molar-refractivity contribution in [1.82, 2.24) is 4.90 Å². The van der Waals surface area contributed by atoms with Crippen molar-refractivity contribution in [3.05, 3.63) is 64.2 Å². The number of benzene rings is 2. The Bertz CT molecular complexity index is 623. The van der Waals surface area contributed by atoms with Crippen molar-refractivity contribution < 1.29 is 9.90 Å². The highest BCUT2D eigenvalue weighted by Crippen LogP contribution is 2.22. The summed E-state index contributed by atoms with van der Waals surface area (Å²) in [7, 11) is 1.73. The summed E-state index contributed by atoms with van der Waals surface area (Å²) in [4.78, 5) is 14.0. The van der Waals surface area contributed by atoms with Gasteiger partial charge in [0.05, 0.1) is 10.6 Å². The van der Waals surface area contributed by atoms with Crippen molar-refractivity contribution in [3.63, 3.8) is 0 Å². The number of carbonyl (C=O) groups excluding carboxylic acids is 1. The molecule has 0 unspecified atom stereocenters. The van der Waals surface area contributed by atoms with Crippen molar-refractivity contribution in [2.75, 3.05) is 7.05 Å². The zero-order chi connectivity index (χ0) is 14.7. The number of rotatable bonds is 3. The Labute approximate surface area is 123 Å². The van der Waals surface area contributed by atoms with Gasteiger partial charge in [0.15, 0.2) is 0 Å². The normalized spacial score (nSPS) is 10.3. The molecule has 104 valence electrons. The quantitative estimate of drug-likeness (QED) is 0.937. The first-order chi connectivity index (χ1) is 9.49. The van der Waals surface area contributed by atoms with Gasteiger partial charge in [-0.15, -0.1) is 0 Å². The standard InChI is InChI=1S/C16H16ClNO2/c1-11-4-3-5-14(15(11)17)16(20)18(2)10-12-6-8-13(19)9-7-12/h3-9,19H,10H2,1-2H3. The van der Waals surface area contributed by atoms with Crippen LogP contribution in [0.3, 0.4) is 0 Å². The first kappa shape index (κ1) is 14.4. The van der Waals surface area contributed by atoms with E-state index in [1.54, 1.807) is 42.3 Å². The van der Waals surface area contributed by atoms with Crippen LogP contribution in [0, 0.1) is 6.92 Å². The Morgan fingerprint density at radius 2 is 1.85 bits per heavy atom. The van der Waals surface area contributed by atoms with Crippen LogP contribution in [0.15, 0.2) is 42.5 Å². The van der Waals surface area contributed by atoms with Crippen LogP contribution in [0.5, 0.6) is 5.75 Å². The van der Waals surface area contributed by atoms with Gasteiger partial charge in [0, 0.05) is 13.6 Å². The number of hydrogen-bond acceptors (Lipinski definition) is 2. The van der Waals surface area contributed by atoms with E-state index in [-0.39, 0.29) is 11.7 Å². The van der Waals surface area contributed by atoms with Crippen LogP contribution >= 0.6 is 11.6 Å². The van der Waals surface area contributed by atoms with Crippen LogP contribution < -0.4 is 0 Å². The summed E-state index contributed by atoms with van der Waals surface area (Å²) < 4.78 is 0. The molecule has 2 rings (SSSR count). The Hall–Kier alpha value is -2.00. The molecule has 1 N–H and O–H groups in total. The molecule has 0 bridgehead atoms. The van der Waals surface area contributed by atoms with Crippen LogP contribution in [-0.2, 0) is 6.54 Å².